The molecular weight excluding hydrogens is 324 g/mol. The number of nitrogens with zero attached hydrogens (tertiary/aromatic N) is 2. The summed E-state index contributed by atoms with van der Waals surface area (Å²) in [4.78, 5) is 17.2. The van der Waals surface area contributed by atoms with E-state index in [0.717, 1.165) is 24.4 Å². The highest BCUT2D eigenvalue weighted by molar-refractivity contribution is 5.78. The number of hydrogen-bond donors (Lipinski definition) is 0. The molecular formula is C22H28N2O2. The van der Waals surface area contributed by atoms with Gasteiger partial charge in [0.15, 0.2) is 0 Å². The smallest absolute Gasteiger partial charge is 0.237 e. The lowest BCUT2D eigenvalue weighted by Crippen LogP contribution is -2.40. The first-order chi connectivity index (χ1) is 12.7. The van der Waals surface area contributed by atoms with Crippen molar-refractivity contribution >= 4 is 5.91 Å². The Kier molecular flexibility index (Phi) is 6.29. The number of ether oxygens (including phenoxy) is 1. The Labute approximate surface area is 156 Å². The summed E-state index contributed by atoms with van der Waals surface area (Å²) in [6.07, 6.45) is 2.35. The average Bonchev–Trinajstić information content (AvgIpc) is 3.52. The van der Waals surface area contributed by atoms with Gasteiger partial charge in [0.25, 0.3) is 0 Å². The first-order valence-corrected chi connectivity index (χ1v) is 9.39. The molecule has 1 amide bonds. The molecule has 138 valence electrons. The van der Waals surface area contributed by atoms with Gasteiger partial charge in [-0.05, 0) is 31.4 Å². The van der Waals surface area contributed by atoms with Crippen molar-refractivity contribution < 1.29 is 9.53 Å². The van der Waals surface area contributed by atoms with E-state index in [1.54, 1.807) is 7.11 Å². The largest absolute Gasteiger partial charge is 0.496 e. The number of amides is 1. The molecule has 0 N–H and O–H groups in total. The van der Waals surface area contributed by atoms with Gasteiger partial charge in [0.1, 0.15) is 5.75 Å². The van der Waals surface area contributed by atoms with Gasteiger partial charge in [-0.1, -0.05) is 48.5 Å². The highest BCUT2D eigenvalue weighted by atomic mass is 16.5. The van der Waals surface area contributed by atoms with Crippen LogP contribution in [0.25, 0.3) is 0 Å². The minimum Gasteiger partial charge on any atom is -0.496 e. The maximum Gasteiger partial charge on any atom is 0.237 e. The first kappa shape index (κ1) is 18.5. The standard InChI is InChI=1S/C22H28N2O2/c1-3-23(15-18-9-5-4-6-10-18)22(25)17-24(20-13-14-20)16-19-11-7-8-12-21(19)26-2/h4-12,20H,3,13-17H2,1-2H3. The summed E-state index contributed by atoms with van der Waals surface area (Å²) in [6, 6.07) is 18.8. The molecule has 0 aliphatic heterocycles. The third-order valence-electron chi connectivity index (χ3n) is 4.92. The van der Waals surface area contributed by atoms with E-state index in [4.69, 9.17) is 4.74 Å². The fourth-order valence-electron chi connectivity index (χ4n) is 3.26. The van der Waals surface area contributed by atoms with Crippen LogP contribution in [0.5, 0.6) is 5.75 Å². The Bertz CT molecular complexity index is 713. The molecule has 1 fully saturated rings. The lowest BCUT2D eigenvalue weighted by molar-refractivity contribution is -0.133. The van der Waals surface area contributed by atoms with Crippen LogP contribution in [-0.2, 0) is 17.9 Å². The summed E-state index contributed by atoms with van der Waals surface area (Å²) < 4.78 is 5.48. The second-order valence-corrected chi connectivity index (χ2v) is 6.84. The number of methoxy groups -OCH3 is 1. The Hall–Kier alpha value is -2.33. The monoisotopic (exact) mass is 352 g/mol. The van der Waals surface area contributed by atoms with Crippen molar-refractivity contribution in [3.63, 3.8) is 0 Å². The highest BCUT2D eigenvalue weighted by Crippen LogP contribution is 2.30. The molecule has 3 rings (SSSR count). The summed E-state index contributed by atoms with van der Waals surface area (Å²) in [6.45, 7) is 4.65. The van der Waals surface area contributed by atoms with Crippen LogP contribution in [0, 0.1) is 0 Å². The Morgan fingerprint density at radius 3 is 2.38 bits per heavy atom. The normalized spacial score (nSPS) is 13.7. The van der Waals surface area contributed by atoms with Crippen molar-refractivity contribution in [1.29, 1.82) is 0 Å². The maximum atomic E-state index is 12.9. The lowest BCUT2D eigenvalue weighted by Gasteiger charge is -2.27. The second kappa shape index (κ2) is 8.86. The van der Waals surface area contributed by atoms with Crippen LogP contribution < -0.4 is 4.74 Å². The zero-order chi connectivity index (χ0) is 18.4. The molecule has 0 bridgehead atoms. The van der Waals surface area contributed by atoms with Crippen LogP contribution in [0.15, 0.2) is 54.6 Å². The second-order valence-electron chi connectivity index (χ2n) is 6.84. The molecule has 0 radical (unpaired) electrons. The van der Waals surface area contributed by atoms with Crippen LogP contribution in [-0.4, -0.2) is 41.9 Å². The molecule has 0 spiro atoms. The van der Waals surface area contributed by atoms with Crippen molar-refractivity contribution in [1.82, 2.24) is 9.80 Å². The van der Waals surface area contributed by atoms with Crippen LogP contribution in [0.3, 0.4) is 0 Å². The van der Waals surface area contributed by atoms with Gasteiger partial charge in [-0.25, -0.2) is 0 Å². The van der Waals surface area contributed by atoms with Crippen molar-refractivity contribution in [3.8, 4) is 5.75 Å². The number of rotatable bonds is 9. The number of benzene rings is 2. The third kappa shape index (κ3) is 4.85. The number of para-hydroxylation sites is 1. The van der Waals surface area contributed by atoms with Gasteiger partial charge in [0.05, 0.1) is 13.7 Å². The number of likely N-dealkylation sites (N-methyl/N-ethyl adjacent to an activating group) is 1. The minimum atomic E-state index is 0.193. The fraction of sp³-hybridized carbons (Fsp3) is 0.409. The van der Waals surface area contributed by atoms with E-state index in [1.165, 1.54) is 18.4 Å². The molecule has 1 saturated carbocycles. The molecule has 4 nitrogen and oxygen atoms in total. The van der Waals surface area contributed by atoms with Gasteiger partial charge in [0.2, 0.25) is 5.91 Å². The molecule has 0 unspecified atom stereocenters. The Balaban J connectivity index is 1.66. The molecule has 2 aromatic carbocycles. The molecule has 0 aromatic heterocycles. The van der Waals surface area contributed by atoms with Gasteiger partial charge < -0.3 is 9.64 Å². The van der Waals surface area contributed by atoms with Gasteiger partial charge in [-0.3, -0.25) is 9.69 Å². The first-order valence-electron chi connectivity index (χ1n) is 9.39. The zero-order valence-corrected chi connectivity index (χ0v) is 15.7. The summed E-state index contributed by atoms with van der Waals surface area (Å²) in [5.41, 5.74) is 2.31. The summed E-state index contributed by atoms with van der Waals surface area (Å²) in [7, 11) is 1.70. The Morgan fingerprint density at radius 2 is 1.73 bits per heavy atom. The van der Waals surface area contributed by atoms with E-state index in [2.05, 4.69) is 23.1 Å². The molecule has 0 atom stereocenters. The lowest BCUT2D eigenvalue weighted by atomic mass is 10.1. The van der Waals surface area contributed by atoms with Gasteiger partial charge in [-0.2, -0.15) is 0 Å². The van der Waals surface area contributed by atoms with E-state index >= 15 is 0 Å². The number of carbonyl (C=O) groups excluding carboxylic acids is 1. The zero-order valence-electron chi connectivity index (χ0n) is 15.7. The van der Waals surface area contributed by atoms with Crippen LogP contribution in [0.1, 0.15) is 30.9 Å². The van der Waals surface area contributed by atoms with Crippen molar-refractivity contribution in [3.05, 3.63) is 65.7 Å². The average molecular weight is 352 g/mol. The van der Waals surface area contributed by atoms with Crippen LogP contribution in [0.2, 0.25) is 0 Å². The van der Waals surface area contributed by atoms with E-state index in [0.29, 0.717) is 19.1 Å². The molecule has 1 aliphatic carbocycles. The molecule has 0 heterocycles. The van der Waals surface area contributed by atoms with Gasteiger partial charge in [0, 0.05) is 31.2 Å². The van der Waals surface area contributed by atoms with Crippen molar-refractivity contribution in [2.75, 3.05) is 20.2 Å². The van der Waals surface area contributed by atoms with E-state index in [9.17, 15) is 4.79 Å². The predicted octanol–water partition coefficient (Wildman–Crippen LogP) is 3.71. The minimum absolute atomic E-state index is 0.193. The molecule has 1 aliphatic rings. The predicted molar refractivity (Wildman–Crippen MR) is 104 cm³/mol. The number of hydrogen-bond acceptors (Lipinski definition) is 3. The van der Waals surface area contributed by atoms with E-state index in [1.807, 2.05) is 48.2 Å². The third-order valence-corrected chi connectivity index (χ3v) is 4.92. The van der Waals surface area contributed by atoms with Crippen molar-refractivity contribution in [2.24, 2.45) is 0 Å². The molecule has 2 aromatic rings. The van der Waals surface area contributed by atoms with E-state index < -0.39 is 0 Å². The van der Waals surface area contributed by atoms with Crippen molar-refractivity contribution in [2.45, 2.75) is 38.9 Å². The quantitative estimate of drug-likeness (QED) is 0.690. The summed E-state index contributed by atoms with van der Waals surface area (Å²) >= 11 is 0. The van der Waals surface area contributed by atoms with E-state index in [-0.39, 0.29) is 5.91 Å². The maximum absolute atomic E-state index is 12.9. The highest BCUT2D eigenvalue weighted by Gasteiger charge is 2.31. The Morgan fingerprint density at radius 1 is 1.04 bits per heavy atom. The van der Waals surface area contributed by atoms with Crippen LogP contribution in [0.4, 0.5) is 0 Å². The summed E-state index contributed by atoms with van der Waals surface area (Å²) in [5, 5.41) is 0. The number of carbonyl (C=O) groups is 1. The fourth-order valence-corrected chi connectivity index (χ4v) is 3.26. The van der Waals surface area contributed by atoms with Gasteiger partial charge in [-0.15, -0.1) is 0 Å². The topological polar surface area (TPSA) is 32.8 Å². The SMILES string of the molecule is CCN(Cc1ccccc1)C(=O)CN(Cc1ccccc1OC)C1CC1. The van der Waals surface area contributed by atoms with Crippen LogP contribution >= 0.6 is 0 Å². The van der Waals surface area contributed by atoms with Gasteiger partial charge >= 0.3 is 0 Å². The summed E-state index contributed by atoms with van der Waals surface area (Å²) in [5.74, 6) is 1.08. The molecule has 26 heavy (non-hydrogen) atoms. The molecule has 0 saturated heterocycles. The molecule has 4 heteroatoms.